The van der Waals surface area contributed by atoms with E-state index in [4.69, 9.17) is 0 Å². The minimum Gasteiger partial charge on any atom is -0.352 e. The third-order valence-electron chi connectivity index (χ3n) is 3.48. The van der Waals surface area contributed by atoms with E-state index in [-0.39, 0.29) is 11.5 Å². The number of aliphatic imine (C=N–C) groups is 1. The first-order valence-electron chi connectivity index (χ1n) is 7.39. The fourth-order valence-electron chi connectivity index (χ4n) is 2.29. The minimum atomic E-state index is -0.428. The van der Waals surface area contributed by atoms with Crippen LogP contribution in [0, 0.1) is 15.9 Å². The van der Waals surface area contributed by atoms with Crippen LogP contribution in [0.25, 0.3) is 0 Å². The van der Waals surface area contributed by atoms with Gasteiger partial charge in [0, 0.05) is 39.3 Å². The molecule has 0 aliphatic rings. The van der Waals surface area contributed by atoms with Crippen molar-refractivity contribution in [1.82, 2.24) is 10.2 Å². The van der Waals surface area contributed by atoms with Crippen molar-refractivity contribution in [2.45, 2.75) is 13.1 Å². The van der Waals surface area contributed by atoms with Gasteiger partial charge in [-0.15, -0.1) is 0 Å². The number of nitro groups is 1. The highest BCUT2D eigenvalue weighted by Crippen LogP contribution is 2.12. The lowest BCUT2D eigenvalue weighted by molar-refractivity contribution is -0.384. The van der Waals surface area contributed by atoms with Gasteiger partial charge in [-0.2, -0.15) is 0 Å². The first kappa shape index (κ1) is 17.4. The summed E-state index contributed by atoms with van der Waals surface area (Å²) in [6.07, 6.45) is 0. The Kier molecular flexibility index (Phi) is 5.83. The first-order chi connectivity index (χ1) is 11.5. The molecular weight excluding hydrogens is 311 g/mol. The molecule has 0 heterocycles. The monoisotopic (exact) mass is 330 g/mol. The highest BCUT2D eigenvalue weighted by molar-refractivity contribution is 5.79. The molecule has 0 aromatic heterocycles. The Morgan fingerprint density at radius 3 is 2.54 bits per heavy atom. The van der Waals surface area contributed by atoms with Crippen molar-refractivity contribution in [1.29, 1.82) is 0 Å². The standard InChI is InChI=1S/C17H19FN4O2/c1-19-17(21(2)12-14-4-3-5-15(18)10-14)20-11-13-6-8-16(9-7-13)22(23)24/h3-10H,11-12H2,1-2H3,(H,19,20). The summed E-state index contributed by atoms with van der Waals surface area (Å²) in [6, 6.07) is 12.8. The van der Waals surface area contributed by atoms with Crippen LogP contribution in [0.1, 0.15) is 11.1 Å². The van der Waals surface area contributed by atoms with Crippen molar-refractivity contribution in [3.8, 4) is 0 Å². The van der Waals surface area contributed by atoms with E-state index in [1.54, 1.807) is 25.2 Å². The van der Waals surface area contributed by atoms with E-state index >= 15 is 0 Å². The number of hydrogen-bond donors (Lipinski definition) is 1. The number of rotatable bonds is 5. The van der Waals surface area contributed by atoms with E-state index in [2.05, 4.69) is 10.3 Å². The molecule has 6 nitrogen and oxygen atoms in total. The topological polar surface area (TPSA) is 70.8 Å². The van der Waals surface area contributed by atoms with Crippen LogP contribution in [-0.4, -0.2) is 29.9 Å². The molecule has 0 amide bonds. The normalized spacial score (nSPS) is 11.2. The zero-order valence-electron chi connectivity index (χ0n) is 13.6. The summed E-state index contributed by atoms with van der Waals surface area (Å²) in [5.41, 5.74) is 1.81. The molecule has 0 bridgehead atoms. The fraction of sp³-hybridized carbons (Fsp3) is 0.235. The Morgan fingerprint density at radius 1 is 1.25 bits per heavy atom. The number of hydrogen-bond acceptors (Lipinski definition) is 3. The van der Waals surface area contributed by atoms with Gasteiger partial charge < -0.3 is 10.2 Å². The van der Waals surface area contributed by atoms with E-state index in [0.717, 1.165) is 11.1 Å². The summed E-state index contributed by atoms with van der Waals surface area (Å²) in [6.45, 7) is 0.996. The van der Waals surface area contributed by atoms with Crippen LogP contribution in [0.15, 0.2) is 53.5 Å². The molecule has 1 N–H and O–H groups in total. The Labute approximate surface area is 139 Å². The van der Waals surface area contributed by atoms with E-state index in [9.17, 15) is 14.5 Å². The highest BCUT2D eigenvalue weighted by atomic mass is 19.1. The third-order valence-corrected chi connectivity index (χ3v) is 3.48. The van der Waals surface area contributed by atoms with Gasteiger partial charge in [0.1, 0.15) is 5.82 Å². The predicted octanol–water partition coefficient (Wildman–Crippen LogP) is 2.94. The quantitative estimate of drug-likeness (QED) is 0.396. The molecule has 0 saturated heterocycles. The third kappa shape index (κ3) is 4.77. The number of benzene rings is 2. The fourth-order valence-corrected chi connectivity index (χ4v) is 2.29. The molecule has 0 radical (unpaired) electrons. The van der Waals surface area contributed by atoms with Gasteiger partial charge in [-0.3, -0.25) is 15.1 Å². The Bertz CT molecular complexity index is 732. The second-order valence-corrected chi connectivity index (χ2v) is 5.31. The Morgan fingerprint density at radius 2 is 1.96 bits per heavy atom. The number of nitrogens with one attached hydrogen (secondary N) is 1. The molecule has 7 heteroatoms. The lowest BCUT2D eigenvalue weighted by atomic mass is 10.2. The van der Waals surface area contributed by atoms with Gasteiger partial charge in [-0.05, 0) is 23.3 Å². The van der Waals surface area contributed by atoms with Gasteiger partial charge in [0.25, 0.3) is 5.69 Å². The van der Waals surface area contributed by atoms with Crippen LogP contribution in [0.4, 0.5) is 10.1 Å². The van der Waals surface area contributed by atoms with Gasteiger partial charge >= 0.3 is 0 Å². The van der Waals surface area contributed by atoms with Crippen molar-refractivity contribution in [2.24, 2.45) is 4.99 Å². The highest BCUT2D eigenvalue weighted by Gasteiger charge is 2.08. The largest absolute Gasteiger partial charge is 0.352 e. The van der Waals surface area contributed by atoms with E-state index in [1.807, 2.05) is 18.0 Å². The maximum atomic E-state index is 13.2. The SMILES string of the molecule is CN=C(NCc1ccc([N+](=O)[O-])cc1)N(C)Cc1cccc(F)c1. The molecule has 0 saturated carbocycles. The molecule has 2 aromatic rings. The lowest BCUT2D eigenvalue weighted by Crippen LogP contribution is -2.38. The molecule has 126 valence electrons. The maximum Gasteiger partial charge on any atom is 0.269 e. The average molecular weight is 330 g/mol. The summed E-state index contributed by atoms with van der Waals surface area (Å²) < 4.78 is 13.2. The molecule has 0 spiro atoms. The summed E-state index contributed by atoms with van der Waals surface area (Å²) in [4.78, 5) is 16.3. The number of non-ortho nitro benzene ring substituents is 1. The molecule has 2 rings (SSSR count). The van der Waals surface area contributed by atoms with Crippen molar-refractivity contribution in [2.75, 3.05) is 14.1 Å². The summed E-state index contributed by atoms with van der Waals surface area (Å²) in [5.74, 6) is 0.382. The minimum absolute atomic E-state index is 0.0614. The van der Waals surface area contributed by atoms with Crippen molar-refractivity contribution in [3.05, 3.63) is 75.6 Å². The van der Waals surface area contributed by atoms with Crippen LogP contribution in [0.3, 0.4) is 0 Å². The van der Waals surface area contributed by atoms with Gasteiger partial charge in [0.05, 0.1) is 4.92 Å². The predicted molar refractivity (Wildman–Crippen MR) is 91.2 cm³/mol. The van der Waals surface area contributed by atoms with E-state index < -0.39 is 4.92 Å². The molecular formula is C17H19FN4O2. The second-order valence-electron chi connectivity index (χ2n) is 5.31. The molecule has 0 fully saturated rings. The van der Waals surface area contributed by atoms with Gasteiger partial charge in [-0.1, -0.05) is 24.3 Å². The zero-order valence-corrected chi connectivity index (χ0v) is 13.6. The lowest BCUT2D eigenvalue weighted by Gasteiger charge is -2.22. The average Bonchev–Trinajstić information content (AvgIpc) is 2.56. The molecule has 2 aromatic carbocycles. The molecule has 0 aliphatic heterocycles. The first-order valence-corrected chi connectivity index (χ1v) is 7.39. The van der Waals surface area contributed by atoms with Gasteiger partial charge in [0.15, 0.2) is 5.96 Å². The van der Waals surface area contributed by atoms with Crippen LogP contribution >= 0.6 is 0 Å². The van der Waals surface area contributed by atoms with Crippen LogP contribution in [0.5, 0.6) is 0 Å². The molecule has 0 atom stereocenters. The van der Waals surface area contributed by atoms with Crippen LogP contribution in [-0.2, 0) is 13.1 Å². The summed E-state index contributed by atoms with van der Waals surface area (Å²) in [5, 5.41) is 13.8. The Balaban J connectivity index is 1.95. The second kappa shape index (κ2) is 8.05. The van der Waals surface area contributed by atoms with E-state index in [0.29, 0.717) is 19.0 Å². The van der Waals surface area contributed by atoms with Crippen molar-refractivity contribution in [3.63, 3.8) is 0 Å². The Hall–Kier alpha value is -2.96. The maximum absolute atomic E-state index is 13.2. The molecule has 24 heavy (non-hydrogen) atoms. The zero-order chi connectivity index (χ0) is 17.5. The van der Waals surface area contributed by atoms with Gasteiger partial charge in [0.2, 0.25) is 0 Å². The number of nitro benzene ring substituents is 1. The molecule has 0 aliphatic carbocycles. The number of guanidine groups is 1. The smallest absolute Gasteiger partial charge is 0.269 e. The number of halogens is 1. The van der Waals surface area contributed by atoms with Crippen molar-refractivity contribution < 1.29 is 9.31 Å². The molecule has 0 unspecified atom stereocenters. The van der Waals surface area contributed by atoms with Crippen LogP contribution < -0.4 is 5.32 Å². The van der Waals surface area contributed by atoms with E-state index in [1.165, 1.54) is 24.3 Å². The van der Waals surface area contributed by atoms with Crippen molar-refractivity contribution >= 4 is 11.6 Å². The summed E-state index contributed by atoms with van der Waals surface area (Å²) in [7, 11) is 3.52. The number of nitrogens with zero attached hydrogens (tertiary/aromatic N) is 3. The van der Waals surface area contributed by atoms with Crippen LogP contribution in [0.2, 0.25) is 0 Å². The summed E-state index contributed by atoms with van der Waals surface area (Å²) >= 11 is 0. The van der Waals surface area contributed by atoms with Gasteiger partial charge in [-0.25, -0.2) is 4.39 Å².